The summed E-state index contributed by atoms with van der Waals surface area (Å²) in [6.07, 6.45) is 1.82. The van der Waals surface area contributed by atoms with Gasteiger partial charge in [0.25, 0.3) is 0 Å². The first-order valence-electron chi connectivity index (χ1n) is 7.31. The van der Waals surface area contributed by atoms with Crippen LogP contribution in [0.3, 0.4) is 0 Å². The Bertz CT molecular complexity index is 429. The number of Topliss-reactive ketones (excluding diaryl/α,β-unsaturated/α-hetero) is 1. The molecular formula is C16H28O3Si. The van der Waals surface area contributed by atoms with Gasteiger partial charge in [-0.25, -0.2) is 0 Å². The molecule has 1 fully saturated rings. The maximum absolute atomic E-state index is 11.8. The van der Waals surface area contributed by atoms with E-state index in [0.717, 1.165) is 17.4 Å². The van der Waals surface area contributed by atoms with E-state index in [0.29, 0.717) is 12.8 Å². The van der Waals surface area contributed by atoms with Crippen molar-refractivity contribution >= 4 is 20.4 Å². The summed E-state index contributed by atoms with van der Waals surface area (Å²) in [5.41, 5.74) is 1.74. The van der Waals surface area contributed by atoms with Crippen molar-refractivity contribution in [1.82, 2.24) is 0 Å². The molecule has 1 aliphatic carbocycles. The molecule has 0 heterocycles. The number of allylic oxidation sites excluding steroid dienone is 1. The highest BCUT2D eigenvalue weighted by atomic mass is 28.4. The maximum atomic E-state index is 11.8. The lowest BCUT2D eigenvalue weighted by atomic mass is 9.93. The van der Waals surface area contributed by atoms with Crippen LogP contribution in [0.5, 0.6) is 0 Å². The summed E-state index contributed by atoms with van der Waals surface area (Å²) in [7, 11) is -1.90. The molecule has 0 amide bonds. The van der Waals surface area contributed by atoms with Crippen molar-refractivity contribution in [1.29, 1.82) is 0 Å². The number of hydrogen-bond donors (Lipinski definition) is 0. The van der Waals surface area contributed by atoms with Crippen LogP contribution in [0.2, 0.25) is 18.1 Å². The molecule has 1 aliphatic rings. The summed E-state index contributed by atoms with van der Waals surface area (Å²) in [5, 5.41) is 0.126. The van der Waals surface area contributed by atoms with Crippen molar-refractivity contribution in [2.45, 2.75) is 71.7 Å². The normalized spacial score (nSPS) is 25.6. The first-order chi connectivity index (χ1) is 8.99. The molecular weight excluding hydrogens is 268 g/mol. The minimum Gasteiger partial charge on any atom is -0.413 e. The van der Waals surface area contributed by atoms with Crippen molar-refractivity contribution in [2.24, 2.45) is 5.92 Å². The highest BCUT2D eigenvalue weighted by Crippen LogP contribution is 2.41. The molecule has 0 bridgehead atoms. The van der Waals surface area contributed by atoms with Gasteiger partial charge >= 0.3 is 0 Å². The van der Waals surface area contributed by atoms with Crippen molar-refractivity contribution in [2.75, 3.05) is 0 Å². The molecule has 0 saturated heterocycles. The van der Waals surface area contributed by atoms with Gasteiger partial charge in [0.15, 0.2) is 8.32 Å². The van der Waals surface area contributed by atoms with Crippen LogP contribution in [-0.4, -0.2) is 26.5 Å². The Morgan fingerprint density at radius 2 is 1.80 bits per heavy atom. The Hall–Kier alpha value is -0.743. The number of carbonyl (C=O) groups is 2. The van der Waals surface area contributed by atoms with E-state index in [4.69, 9.17) is 4.43 Å². The second kappa shape index (κ2) is 5.94. The second-order valence-corrected chi connectivity index (χ2v) is 12.2. The van der Waals surface area contributed by atoms with Gasteiger partial charge in [0.2, 0.25) is 0 Å². The Morgan fingerprint density at radius 3 is 2.25 bits per heavy atom. The van der Waals surface area contributed by atoms with Crippen LogP contribution >= 0.6 is 0 Å². The Balaban J connectivity index is 2.99. The highest BCUT2D eigenvalue weighted by Gasteiger charge is 2.44. The van der Waals surface area contributed by atoms with E-state index in [2.05, 4.69) is 33.9 Å². The molecule has 3 nitrogen and oxygen atoms in total. The van der Waals surface area contributed by atoms with Gasteiger partial charge in [-0.05, 0) is 37.6 Å². The Kier molecular flexibility index (Phi) is 5.14. The first kappa shape index (κ1) is 17.3. The molecule has 0 aromatic heterocycles. The van der Waals surface area contributed by atoms with Gasteiger partial charge in [0.05, 0.1) is 6.10 Å². The molecule has 0 aromatic carbocycles. The van der Waals surface area contributed by atoms with Gasteiger partial charge in [-0.3, -0.25) is 9.59 Å². The van der Waals surface area contributed by atoms with E-state index in [1.165, 1.54) is 0 Å². The minimum absolute atomic E-state index is 0.0571. The quantitative estimate of drug-likeness (QED) is 0.449. The molecule has 20 heavy (non-hydrogen) atoms. The average molecular weight is 296 g/mol. The summed E-state index contributed by atoms with van der Waals surface area (Å²) >= 11 is 0. The van der Waals surface area contributed by atoms with Crippen LogP contribution in [0.15, 0.2) is 11.1 Å². The number of aldehydes is 1. The van der Waals surface area contributed by atoms with Crippen LogP contribution in [0.1, 0.15) is 47.5 Å². The fraction of sp³-hybridized carbons (Fsp3) is 0.750. The number of ketones is 1. The number of rotatable bonds is 4. The van der Waals surface area contributed by atoms with Crippen molar-refractivity contribution in [3.63, 3.8) is 0 Å². The summed E-state index contributed by atoms with van der Waals surface area (Å²) in [6.45, 7) is 14.8. The van der Waals surface area contributed by atoms with Gasteiger partial charge in [-0.15, -0.1) is 0 Å². The SMILES string of the molecule is CC(C=O)=C(C)C1CC(=O)CC1O[Si](C)(C)C(C)(C)C. The van der Waals surface area contributed by atoms with Crippen molar-refractivity contribution in [3.05, 3.63) is 11.1 Å². The zero-order valence-electron chi connectivity index (χ0n) is 13.9. The van der Waals surface area contributed by atoms with E-state index in [1.807, 2.05) is 13.8 Å². The topological polar surface area (TPSA) is 43.4 Å². The van der Waals surface area contributed by atoms with Gasteiger partial charge in [-0.1, -0.05) is 26.3 Å². The van der Waals surface area contributed by atoms with Gasteiger partial charge in [0.1, 0.15) is 12.1 Å². The summed E-state index contributed by atoms with van der Waals surface area (Å²) < 4.78 is 6.43. The molecule has 0 aromatic rings. The lowest BCUT2D eigenvalue weighted by Gasteiger charge is -2.40. The lowest BCUT2D eigenvalue weighted by Crippen LogP contribution is -2.45. The smallest absolute Gasteiger partial charge is 0.192 e. The zero-order chi connectivity index (χ0) is 15.7. The monoisotopic (exact) mass is 296 g/mol. The van der Waals surface area contributed by atoms with Crippen LogP contribution in [0.25, 0.3) is 0 Å². The van der Waals surface area contributed by atoms with Gasteiger partial charge < -0.3 is 4.43 Å². The largest absolute Gasteiger partial charge is 0.413 e. The van der Waals surface area contributed by atoms with E-state index in [-0.39, 0.29) is 22.8 Å². The van der Waals surface area contributed by atoms with Crippen molar-refractivity contribution < 1.29 is 14.0 Å². The molecule has 0 aliphatic heterocycles. The third-order valence-electron chi connectivity index (χ3n) is 4.93. The maximum Gasteiger partial charge on any atom is 0.192 e. The third-order valence-corrected chi connectivity index (χ3v) is 9.44. The standard InChI is InChI=1S/C16H28O3Si/c1-11(10-17)12(2)14-8-13(18)9-15(14)19-20(6,7)16(3,4)5/h10,14-15H,8-9H2,1-7H3. The summed E-state index contributed by atoms with van der Waals surface area (Å²) in [5.74, 6) is 0.318. The van der Waals surface area contributed by atoms with Crippen molar-refractivity contribution in [3.8, 4) is 0 Å². The Morgan fingerprint density at radius 1 is 1.25 bits per heavy atom. The van der Waals surface area contributed by atoms with Gasteiger partial charge in [-0.2, -0.15) is 0 Å². The molecule has 0 spiro atoms. The van der Waals surface area contributed by atoms with E-state index < -0.39 is 8.32 Å². The Labute approximate surface area is 123 Å². The molecule has 4 heteroatoms. The van der Waals surface area contributed by atoms with E-state index >= 15 is 0 Å². The summed E-state index contributed by atoms with van der Waals surface area (Å²) in [6, 6.07) is 0. The molecule has 0 N–H and O–H groups in total. The van der Waals surface area contributed by atoms with E-state index in [1.54, 1.807) is 0 Å². The predicted molar refractivity (Wildman–Crippen MR) is 84.2 cm³/mol. The van der Waals surface area contributed by atoms with E-state index in [9.17, 15) is 9.59 Å². The number of carbonyl (C=O) groups excluding carboxylic acids is 2. The molecule has 0 radical (unpaired) electrons. The molecule has 1 rings (SSSR count). The first-order valence-corrected chi connectivity index (χ1v) is 10.2. The highest BCUT2D eigenvalue weighted by molar-refractivity contribution is 6.74. The fourth-order valence-electron chi connectivity index (χ4n) is 2.32. The van der Waals surface area contributed by atoms with Gasteiger partial charge in [0, 0.05) is 18.8 Å². The van der Waals surface area contributed by atoms with Crippen LogP contribution < -0.4 is 0 Å². The third kappa shape index (κ3) is 3.67. The molecule has 2 atom stereocenters. The second-order valence-electron chi connectivity index (χ2n) is 7.45. The average Bonchev–Trinajstić information content (AvgIpc) is 2.65. The number of hydrogen-bond acceptors (Lipinski definition) is 3. The molecule has 114 valence electrons. The predicted octanol–water partition coefficient (Wildman–Crippen LogP) is 3.89. The molecule has 2 unspecified atom stereocenters. The summed E-state index contributed by atoms with van der Waals surface area (Å²) in [4.78, 5) is 22.8. The van der Waals surface area contributed by atoms with Crippen LogP contribution in [0.4, 0.5) is 0 Å². The van der Waals surface area contributed by atoms with Crippen LogP contribution in [0, 0.1) is 5.92 Å². The minimum atomic E-state index is -1.90. The molecule has 1 saturated carbocycles. The van der Waals surface area contributed by atoms with Crippen LogP contribution in [-0.2, 0) is 14.0 Å². The zero-order valence-corrected chi connectivity index (χ0v) is 14.9. The lowest BCUT2D eigenvalue weighted by molar-refractivity contribution is -0.117. The fourth-order valence-corrected chi connectivity index (χ4v) is 3.68.